The zero-order chi connectivity index (χ0) is 16.1. The molecule has 0 aliphatic rings. The number of aryl methyl sites for hydroxylation is 2. The van der Waals surface area contributed by atoms with Gasteiger partial charge in [-0.2, -0.15) is 0 Å². The van der Waals surface area contributed by atoms with Crippen LogP contribution in [0.1, 0.15) is 21.6 Å². The lowest BCUT2D eigenvalue weighted by molar-refractivity contribution is 0.0960. The Morgan fingerprint density at radius 3 is 2.73 bits per heavy atom. The summed E-state index contributed by atoms with van der Waals surface area (Å²) < 4.78 is 11.1. The van der Waals surface area contributed by atoms with Crippen LogP contribution in [0.3, 0.4) is 0 Å². The molecule has 0 fully saturated rings. The lowest BCUT2D eigenvalue weighted by atomic mass is 10.1. The molecule has 6 nitrogen and oxygen atoms in total. The van der Waals surface area contributed by atoms with Crippen LogP contribution >= 0.6 is 7.80 Å². The van der Waals surface area contributed by atoms with Gasteiger partial charge in [0.25, 0.3) is 5.91 Å². The van der Waals surface area contributed by atoms with E-state index in [1.54, 1.807) is 25.0 Å². The lowest BCUT2D eigenvalue weighted by Crippen LogP contribution is -2.22. The molecule has 1 unspecified atom stereocenters. The number of carbonyl (C=O) groups is 1. The smallest absolute Gasteiger partial charge is 0.324 e. The number of nitrogens with zero attached hydrogens (tertiary/aromatic N) is 2. The van der Waals surface area contributed by atoms with Crippen molar-refractivity contribution in [3.8, 4) is 0 Å². The number of rotatable bonds is 5. The van der Waals surface area contributed by atoms with E-state index >= 15 is 0 Å². The second-order valence-corrected chi connectivity index (χ2v) is 6.54. The first-order chi connectivity index (χ1) is 10.5. The molecule has 114 valence electrons. The van der Waals surface area contributed by atoms with Crippen molar-refractivity contribution in [3.05, 3.63) is 47.3 Å². The number of amides is 1. The molecule has 1 aromatic heterocycles. The number of anilines is 2. The summed E-state index contributed by atoms with van der Waals surface area (Å²) in [7, 11) is -1.40. The molecule has 22 heavy (non-hydrogen) atoms. The van der Waals surface area contributed by atoms with Crippen LogP contribution in [0.15, 0.2) is 30.5 Å². The molecule has 0 bridgehead atoms. The highest BCUT2D eigenvalue weighted by atomic mass is 31.1. The van der Waals surface area contributed by atoms with Gasteiger partial charge in [0.1, 0.15) is 6.66 Å². The standard InChI is InChI=1S/C15H17N4O2P/c1-10-4-5-12(14(20)17-9-22(3)21)8-13(10)19-15-16-7-6-11(2)18-15/h4-8H,9H2,1-3H3,(H-,16,17,18,19,20)/p+1. The number of aromatic nitrogens is 2. The van der Waals surface area contributed by atoms with Crippen LogP contribution in [0, 0.1) is 13.8 Å². The van der Waals surface area contributed by atoms with E-state index in [1.165, 1.54) is 0 Å². The molecule has 0 aliphatic heterocycles. The predicted octanol–water partition coefficient (Wildman–Crippen LogP) is 2.98. The van der Waals surface area contributed by atoms with E-state index < -0.39 is 7.80 Å². The first kappa shape index (κ1) is 16.0. The normalized spacial score (nSPS) is 11.0. The maximum atomic E-state index is 12.0. The quantitative estimate of drug-likeness (QED) is 0.828. The highest BCUT2D eigenvalue weighted by Crippen LogP contribution is 2.20. The van der Waals surface area contributed by atoms with Gasteiger partial charge in [0, 0.05) is 23.1 Å². The minimum absolute atomic E-state index is 0.172. The Morgan fingerprint density at radius 2 is 2.05 bits per heavy atom. The third kappa shape index (κ3) is 4.33. The van der Waals surface area contributed by atoms with E-state index in [0.717, 1.165) is 16.9 Å². The van der Waals surface area contributed by atoms with E-state index in [0.29, 0.717) is 11.5 Å². The maximum absolute atomic E-state index is 12.0. The van der Waals surface area contributed by atoms with Crippen molar-refractivity contribution in [1.82, 2.24) is 15.3 Å². The number of hydrogen-bond donors (Lipinski definition) is 2. The molecule has 0 saturated carbocycles. The summed E-state index contributed by atoms with van der Waals surface area (Å²) in [5, 5.41) is 5.75. The molecule has 7 heteroatoms. The van der Waals surface area contributed by atoms with Gasteiger partial charge in [-0.05, 0) is 37.6 Å². The Bertz CT molecular complexity index is 718. The Balaban J connectivity index is 2.19. The molecule has 1 heterocycles. The van der Waals surface area contributed by atoms with Crippen molar-refractivity contribution in [2.24, 2.45) is 0 Å². The van der Waals surface area contributed by atoms with Crippen LogP contribution in [-0.2, 0) is 4.57 Å². The molecule has 2 aromatic rings. The molecule has 0 saturated heterocycles. The van der Waals surface area contributed by atoms with E-state index in [9.17, 15) is 9.36 Å². The Morgan fingerprint density at radius 1 is 1.27 bits per heavy atom. The van der Waals surface area contributed by atoms with Gasteiger partial charge in [0.15, 0.2) is 0 Å². The van der Waals surface area contributed by atoms with Gasteiger partial charge in [-0.15, -0.1) is 0 Å². The fourth-order valence-corrected chi connectivity index (χ4v) is 2.18. The second kappa shape index (κ2) is 7.09. The molecule has 0 spiro atoms. The maximum Gasteiger partial charge on any atom is 0.356 e. The van der Waals surface area contributed by atoms with Gasteiger partial charge in [0.05, 0.1) is 0 Å². The topological polar surface area (TPSA) is 84.0 Å². The fraction of sp³-hybridized carbons (Fsp3) is 0.267. The van der Waals surface area contributed by atoms with E-state index in [4.69, 9.17) is 0 Å². The summed E-state index contributed by atoms with van der Waals surface area (Å²) in [4.78, 5) is 20.5. The van der Waals surface area contributed by atoms with Crippen LogP contribution in [0.5, 0.6) is 0 Å². The van der Waals surface area contributed by atoms with Gasteiger partial charge in [-0.3, -0.25) is 4.79 Å². The van der Waals surface area contributed by atoms with E-state index in [2.05, 4.69) is 20.6 Å². The third-order valence-corrected chi connectivity index (χ3v) is 3.61. The molecule has 1 atom stereocenters. The zero-order valence-electron chi connectivity index (χ0n) is 12.8. The first-order valence-electron chi connectivity index (χ1n) is 6.79. The van der Waals surface area contributed by atoms with E-state index in [-0.39, 0.29) is 12.2 Å². The Labute approximate surface area is 130 Å². The summed E-state index contributed by atoms with van der Waals surface area (Å²) in [6.45, 7) is 5.39. The number of nitrogens with one attached hydrogen (secondary N) is 2. The largest absolute Gasteiger partial charge is 0.356 e. The fourth-order valence-electron chi connectivity index (χ4n) is 1.81. The summed E-state index contributed by atoms with van der Waals surface area (Å²) in [5.74, 6) is 0.232. The zero-order valence-corrected chi connectivity index (χ0v) is 13.6. The van der Waals surface area contributed by atoms with Gasteiger partial charge in [-0.1, -0.05) is 10.6 Å². The van der Waals surface area contributed by atoms with Crippen LogP contribution in [0.25, 0.3) is 0 Å². The van der Waals surface area contributed by atoms with Crippen molar-refractivity contribution < 1.29 is 9.36 Å². The molecule has 2 N–H and O–H groups in total. The number of benzene rings is 1. The van der Waals surface area contributed by atoms with Crippen molar-refractivity contribution >= 4 is 25.3 Å². The van der Waals surface area contributed by atoms with Gasteiger partial charge >= 0.3 is 7.80 Å². The third-order valence-electron chi connectivity index (χ3n) is 3.00. The number of carbonyl (C=O) groups excluding carboxylic acids is 1. The highest BCUT2D eigenvalue weighted by Gasteiger charge is 2.12. The summed E-state index contributed by atoms with van der Waals surface area (Å²) in [5.41, 5.74) is 3.09. The molecule has 0 radical (unpaired) electrons. The minimum atomic E-state index is -1.40. The van der Waals surface area contributed by atoms with Crippen LogP contribution in [0.4, 0.5) is 11.6 Å². The van der Waals surface area contributed by atoms with Crippen LogP contribution in [0.2, 0.25) is 0 Å². The van der Waals surface area contributed by atoms with Crippen molar-refractivity contribution in [2.45, 2.75) is 13.8 Å². The van der Waals surface area contributed by atoms with Crippen LogP contribution in [-0.4, -0.2) is 28.8 Å². The first-order valence-corrected chi connectivity index (χ1v) is 8.68. The second-order valence-electron chi connectivity index (χ2n) is 4.97. The molecule has 0 aliphatic carbocycles. The predicted molar refractivity (Wildman–Crippen MR) is 87.1 cm³/mol. The van der Waals surface area contributed by atoms with Gasteiger partial charge in [0.2, 0.25) is 12.2 Å². The van der Waals surface area contributed by atoms with Crippen molar-refractivity contribution in [1.29, 1.82) is 0 Å². The van der Waals surface area contributed by atoms with Gasteiger partial charge in [-0.25, -0.2) is 9.97 Å². The molecule has 1 amide bonds. The molecular weight excluding hydrogens is 299 g/mol. The van der Waals surface area contributed by atoms with Crippen molar-refractivity contribution in [3.63, 3.8) is 0 Å². The molecular formula is C15H18N4O2P+. The van der Waals surface area contributed by atoms with Gasteiger partial charge < -0.3 is 10.6 Å². The highest BCUT2D eigenvalue weighted by molar-refractivity contribution is 7.43. The summed E-state index contributed by atoms with van der Waals surface area (Å²) in [6, 6.07) is 7.13. The Kier molecular flexibility index (Phi) is 5.17. The lowest BCUT2D eigenvalue weighted by Gasteiger charge is -2.10. The SMILES string of the molecule is Cc1ccnc(Nc2cc(C(=O)NC[P+](C)=O)ccc2C)n1. The molecule has 1 aromatic carbocycles. The summed E-state index contributed by atoms with van der Waals surface area (Å²) in [6.07, 6.45) is 1.85. The average molecular weight is 317 g/mol. The molecule has 2 rings (SSSR count). The Hall–Kier alpha value is -2.33. The number of hydrogen-bond acceptors (Lipinski definition) is 5. The monoisotopic (exact) mass is 317 g/mol. The van der Waals surface area contributed by atoms with Crippen molar-refractivity contribution in [2.75, 3.05) is 18.3 Å². The van der Waals surface area contributed by atoms with E-state index in [1.807, 2.05) is 26.0 Å². The summed E-state index contributed by atoms with van der Waals surface area (Å²) >= 11 is 0. The minimum Gasteiger partial charge on any atom is -0.324 e. The average Bonchev–Trinajstić information content (AvgIpc) is 2.47. The van der Waals surface area contributed by atoms with Crippen LogP contribution < -0.4 is 10.6 Å².